The summed E-state index contributed by atoms with van der Waals surface area (Å²) in [4.78, 5) is 16.4. The second-order valence-corrected chi connectivity index (χ2v) is 8.71. The van der Waals surface area contributed by atoms with Gasteiger partial charge in [-0.25, -0.2) is 13.4 Å². The fourth-order valence-electron chi connectivity index (χ4n) is 2.56. The van der Waals surface area contributed by atoms with Gasteiger partial charge in [0.05, 0.1) is 19.1 Å². The standard InChI is InChI=1S/C20H21N3O5S2/c1-27-15-5-3-14(4-6-15)11-12-21-19(24)18-13-29-20(22-18)23-30(25,26)17-9-7-16(28-2)8-10-17/h3-10,13H,11-12H2,1-2H3,(H,21,24)(H,22,23). The molecule has 8 nitrogen and oxygen atoms in total. The third-order valence-corrected chi connectivity index (χ3v) is 6.43. The summed E-state index contributed by atoms with van der Waals surface area (Å²) in [7, 11) is -0.703. The summed E-state index contributed by atoms with van der Waals surface area (Å²) in [5, 5.41) is 4.40. The zero-order valence-corrected chi connectivity index (χ0v) is 18.0. The van der Waals surface area contributed by atoms with Gasteiger partial charge in [-0.2, -0.15) is 0 Å². The molecule has 2 N–H and O–H groups in total. The number of sulfonamides is 1. The molecule has 0 saturated heterocycles. The molecule has 0 aliphatic rings. The Kier molecular flexibility index (Phi) is 6.91. The molecule has 0 bridgehead atoms. The van der Waals surface area contributed by atoms with E-state index in [0.717, 1.165) is 22.6 Å². The lowest BCUT2D eigenvalue weighted by Crippen LogP contribution is -2.26. The van der Waals surface area contributed by atoms with Crippen molar-refractivity contribution in [1.82, 2.24) is 10.3 Å². The molecule has 30 heavy (non-hydrogen) atoms. The molecular weight excluding hydrogens is 426 g/mol. The topological polar surface area (TPSA) is 107 Å². The Balaban J connectivity index is 1.55. The Morgan fingerprint density at radius 2 is 1.60 bits per heavy atom. The highest BCUT2D eigenvalue weighted by molar-refractivity contribution is 7.93. The van der Waals surface area contributed by atoms with Gasteiger partial charge in [-0.1, -0.05) is 12.1 Å². The van der Waals surface area contributed by atoms with Crippen molar-refractivity contribution in [2.24, 2.45) is 0 Å². The molecule has 3 aromatic rings. The minimum atomic E-state index is -3.81. The summed E-state index contributed by atoms with van der Waals surface area (Å²) in [6.45, 7) is 0.426. The van der Waals surface area contributed by atoms with Crippen molar-refractivity contribution >= 4 is 32.4 Å². The van der Waals surface area contributed by atoms with Crippen LogP contribution in [0.1, 0.15) is 16.1 Å². The fraction of sp³-hybridized carbons (Fsp3) is 0.200. The van der Waals surface area contributed by atoms with Crippen LogP contribution >= 0.6 is 11.3 Å². The molecule has 0 aliphatic heterocycles. The number of methoxy groups -OCH3 is 2. The van der Waals surface area contributed by atoms with Crippen molar-refractivity contribution in [1.29, 1.82) is 0 Å². The monoisotopic (exact) mass is 447 g/mol. The molecule has 1 heterocycles. The average molecular weight is 448 g/mol. The van der Waals surface area contributed by atoms with Gasteiger partial charge in [0.25, 0.3) is 15.9 Å². The van der Waals surface area contributed by atoms with Crippen molar-refractivity contribution in [3.8, 4) is 11.5 Å². The van der Waals surface area contributed by atoms with Crippen molar-refractivity contribution in [2.45, 2.75) is 11.3 Å². The Bertz CT molecular complexity index is 1090. The third kappa shape index (κ3) is 5.49. The van der Waals surface area contributed by atoms with Crippen LogP contribution in [0.2, 0.25) is 0 Å². The number of benzene rings is 2. The largest absolute Gasteiger partial charge is 0.497 e. The van der Waals surface area contributed by atoms with Crippen LogP contribution in [0, 0.1) is 0 Å². The number of aromatic nitrogens is 1. The summed E-state index contributed by atoms with van der Waals surface area (Å²) in [6.07, 6.45) is 0.650. The molecule has 0 atom stereocenters. The zero-order chi connectivity index (χ0) is 21.6. The van der Waals surface area contributed by atoms with Gasteiger partial charge in [-0.05, 0) is 48.4 Å². The smallest absolute Gasteiger partial charge is 0.270 e. The summed E-state index contributed by atoms with van der Waals surface area (Å²) in [5.41, 5.74) is 1.21. The number of amides is 1. The summed E-state index contributed by atoms with van der Waals surface area (Å²) < 4.78 is 37.4. The van der Waals surface area contributed by atoms with Crippen molar-refractivity contribution in [3.63, 3.8) is 0 Å². The van der Waals surface area contributed by atoms with E-state index in [1.165, 1.54) is 24.6 Å². The molecule has 0 saturated carbocycles. The minimum Gasteiger partial charge on any atom is -0.497 e. The maximum atomic E-state index is 12.5. The number of thiazole rings is 1. The molecule has 10 heteroatoms. The molecule has 0 aliphatic carbocycles. The van der Waals surface area contributed by atoms with Gasteiger partial charge < -0.3 is 14.8 Å². The van der Waals surface area contributed by atoms with E-state index in [2.05, 4.69) is 15.0 Å². The van der Waals surface area contributed by atoms with Gasteiger partial charge in [0.1, 0.15) is 17.2 Å². The van der Waals surface area contributed by atoms with Gasteiger partial charge in [0, 0.05) is 11.9 Å². The number of rotatable bonds is 9. The van der Waals surface area contributed by atoms with Crippen LogP contribution in [-0.4, -0.2) is 40.1 Å². The number of carbonyl (C=O) groups is 1. The maximum absolute atomic E-state index is 12.5. The average Bonchev–Trinajstić information content (AvgIpc) is 3.22. The van der Waals surface area contributed by atoms with Crippen molar-refractivity contribution in [3.05, 3.63) is 65.2 Å². The second-order valence-electron chi connectivity index (χ2n) is 6.17. The van der Waals surface area contributed by atoms with Gasteiger partial charge in [-0.3, -0.25) is 9.52 Å². The highest BCUT2D eigenvalue weighted by Gasteiger charge is 2.18. The highest BCUT2D eigenvalue weighted by Crippen LogP contribution is 2.22. The molecule has 2 aromatic carbocycles. The lowest BCUT2D eigenvalue weighted by Gasteiger charge is -2.06. The molecule has 0 spiro atoms. The van der Waals surface area contributed by atoms with E-state index in [0.29, 0.717) is 18.7 Å². The van der Waals surface area contributed by atoms with Gasteiger partial charge in [-0.15, -0.1) is 11.3 Å². The van der Waals surface area contributed by atoms with Crippen molar-refractivity contribution < 1.29 is 22.7 Å². The maximum Gasteiger partial charge on any atom is 0.270 e. The lowest BCUT2D eigenvalue weighted by molar-refractivity contribution is 0.0950. The summed E-state index contributed by atoms with van der Waals surface area (Å²) >= 11 is 1.04. The number of ether oxygens (including phenoxy) is 2. The van der Waals surface area contributed by atoms with Crippen molar-refractivity contribution in [2.75, 3.05) is 25.5 Å². The predicted molar refractivity (Wildman–Crippen MR) is 115 cm³/mol. The molecule has 0 fully saturated rings. The first kappa shape index (κ1) is 21.6. The van der Waals surface area contributed by atoms with Crippen LogP contribution in [0.5, 0.6) is 11.5 Å². The summed E-state index contributed by atoms with van der Waals surface area (Å²) in [6, 6.07) is 13.6. The normalized spacial score (nSPS) is 11.0. The molecule has 1 aromatic heterocycles. The van der Waals surface area contributed by atoms with Crippen LogP contribution in [0.25, 0.3) is 0 Å². The van der Waals surface area contributed by atoms with Gasteiger partial charge >= 0.3 is 0 Å². The molecule has 0 radical (unpaired) electrons. The molecule has 1 amide bonds. The predicted octanol–water partition coefficient (Wildman–Crippen LogP) is 2.93. The summed E-state index contributed by atoms with van der Waals surface area (Å²) in [5.74, 6) is 0.960. The fourth-order valence-corrected chi connectivity index (χ4v) is 4.50. The lowest BCUT2D eigenvalue weighted by atomic mass is 10.1. The second kappa shape index (κ2) is 9.59. The number of carbonyl (C=O) groups excluding carboxylic acids is 1. The van der Waals surface area contributed by atoms with E-state index in [1.54, 1.807) is 19.2 Å². The molecule has 0 unspecified atom stereocenters. The van der Waals surface area contributed by atoms with E-state index in [9.17, 15) is 13.2 Å². The van der Waals surface area contributed by atoms with E-state index in [-0.39, 0.29) is 21.6 Å². The van der Waals surface area contributed by atoms with Crippen LogP contribution in [-0.2, 0) is 16.4 Å². The first-order chi connectivity index (χ1) is 14.4. The Morgan fingerprint density at radius 1 is 1.00 bits per heavy atom. The number of nitrogens with one attached hydrogen (secondary N) is 2. The molecule has 3 rings (SSSR count). The number of nitrogens with zero attached hydrogens (tertiary/aromatic N) is 1. The van der Waals surface area contributed by atoms with E-state index in [4.69, 9.17) is 9.47 Å². The number of hydrogen-bond acceptors (Lipinski definition) is 7. The van der Waals surface area contributed by atoms with Crippen LogP contribution in [0.4, 0.5) is 5.13 Å². The first-order valence-electron chi connectivity index (χ1n) is 8.95. The van der Waals surface area contributed by atoms with Crippen LogP contribution in [0.15, 0.2) is 58.8 Å². The number of anilines is 1. The first-order valence-corrected chi connectivity index (χ1v) is 11.3. The van der Waals surface area contributed by atoms with E-state index >= 15 is 0 Å². The molecular formula is C20H21N3O5S2. The third-order valence-electron chi connectivity index (χ3n) is 4.19. The van der Waals surface area contributed by atoms with Gasteiger partial charge in [0.15, 0.2) is 5.13 Å². The Morgan fingerprint density at radius 3 is 2.20 bits per heavy atom. The van der Waals surface area contributed by atoms with Crippen LogP contribution < -0.4 is 19.5 Å². The quantitative estimate of drug-likeness (QED) is 0.522. The van der Waals surface area contributed by atoms with Crippen LogP contribution in [0.3, 0.4) is 0 Å². The molecule has 158 valence electrons. The Labute approximate surface area is 178 Å². The SMILES string of the molecule is COc1ccc(CCNC(=O)c2csc(NS(=O)(=O)c3ccc(OC)cc3)n2)cc1. The van der Waals surface area contributed by atoms with E-state index < -0.39 is 10.0 Å². The van der Waals surface area contributed by atoms with E-state index in [1.807, 2.05) is 24.3 Å². The zero-order valence-electron chi connectivity index (χ0n) is 16.4. The van der Waals surface area contributed by atoms with Gasteiger partial charge in [0.2, 0.25) is 0 Å². The number of hydrogen-bond donors (Lipinski definition) is 2. The minimum absolute atomic E-state index is 0.0731. The highest BCUT2D eigenvalue weighted by atomic mass is 32.2. The Hall–Kier alpha value is -3.11.